The van der Waals surface area contributed by atoms with Crippen LogP contribution in [0, 0.1) is 12.8 Å². The van der Waals surface area contributed by atoms with E-state index >= 15 is 0 Å². The molecule has 98 valence electrons. The van der Waals surface area contributed by atoms with Gasteiger partial charge < -0.3 is 10.0 Å². The van der Waals surface area contributed by atoms with Crippen molar-refractivity contribution in [3.8, 4) is 0 Å². The number of piperidine rings is 1. The van der Waals surface area contributed by atoms with Crippen LogP contribution in [0.4, 0.5) is 5.69 Å². The monoisotopic (exact) mass is 247 g/mol. The van der Waals surface area contributed by atoms with E-state index < -0.39 is 5.97 Å². The Labute approximate surface area is 108 Å². The summed E-state index contributed by atoms with van der Waals surface area (Å²) in [6.45, 7) is 6.19. The number of anilines is 1. The highest BCUT2D eigenvalue weighted by molar-refractivity contribution is 5.94. The molecular formula is C15H21NO2. The van der Waals surface area contributed by atoms with Crippen molar-refractivity contribution in [1.82, 2.24) is 0 Å². The van der Waals surface area contributed by atoms with Crippen LogP contribution in [-0.4, -0.2) is 24.2 Å². The number of benzene rings is 1. The number of carboxylic acid groups (broad SMARTS) is 1. The molecule has 1 aliphatic heterocycles. The Bertz CT molecular complexity index is 434. The van der Waals surface area contributed by atoms with Gasteiger partial charge in [0.15, 0.2) is 0 Å². The number of aromatic carboxylic acids is 1. The fraction of sp³-hybridized carbons (Fsp3) is 0.533. The summed E-state index contributed by atoms with van der Waals surface area (Å²) >= 11 is 0. The second kappa shape index (κ2) is 5.42. The third-order valence-corrected chi connectivity index (χ3v) is 3.92. The predicted octanol–water partition coefficient (Wildman–Crippen LogP) is 3.32. The van der Waals surface area contributed by atoms with Gasteiger partial charge in [-0.15, -0.1) is 0 Å². The Morgan fingerprint density at radius 3 is 2.61 bits per heavy atom. The van der Waals surface area contributed by atoms with Crippen LogP contribution in [0.3, 0.4) is 0 Å². The zero-order valence-corrected chi connectivity index (χ0v) is 11.1. The molecule has 1 aliphatic rings. The van der Waals surface area contributed by atoms with Gasteiger partial charge >= 0.3 is 5.97 Å². The molecule has 3 nitrogen and oxygen atoms in total. The number of carboxylic acids is 1. The van der Waals surface area contributed by atoms with Gasteiger partial charge in [-0.3, -0.25) is 0 Å². The first-order valence-electron chi connectivity index (χ1n) is 6.70. The Kier molecular flexibility index (Phi) is 3.90. The highest BCUT2D eigenvalue weighted by Gasteiger charge is 2.21. The van der Waals surface area contributed by atoms with Crippen molar-refractivity contribution < 1.29 is 9.90 Å². The van der Waals surface area contributed by atoms with Gasteiger partial charge in [-0.1, -0.05) is 19.4 Å². The summed E-state index contributed by atoms with van der Waals surface area (Å²) in [7, 11) is 0. The van der Waals surface area contributed by atoms with E-state index in [9.17, 15) is 9.90 Å². The third-order valence-electron chi connectivity index (χ3n) is 3.92. The molecule has 0 atom stereocenters. The molecule has 1 fully saturated rings. The van der Waals surface area contributed by atoms with E-state index in [0.717, 1.165) is 30.3 Å². The summed E-state index contributed by atoms with van der Waals surface area (Å²) in [4.78, 5) is 13.5. The van der Waals surface area contributed by atoms with Gasteiger partial charge in [-0.25, -0.2) is 4.79 Å². The lowest BCUT2D eigenvalue weighted by atomic mass is 9.93. The Morgan fingerprint density at radius 1 is 1.39 bits per heavy atom. The van der Waals surface area contributed by atoms with Crippen molar-refractivity contribution in [2.45, 2.75) is 33.1 Å². The van der Waals surface area contributed by atoms with Crippen molar-refractivity contribution in [3.05, 3.63) is 29.3 Å². The molecule has 18 heavy (non-hydrogen) atoms. The minimum atomic E-state index is -0.831. The van der Waals surface area contributed by atoms with E-state index in [0.29, 0.717) is 5.56 Å². The van der Waals surface area contributed by atoms with Crippen LogP contribution >= 0.6 is 0 Å². The molecule has 0 bridgehead atoms. The van der Waals surface area contributed by atoms with Crippen LogP contribution in [-0.2, 0) is 0 Å². The lowest BCUT2D eigenvalue weighted by molar-refractivity contribution is 0.0697. The fourth-order valence-corrected chi connectivity index (χ4v) is 2.67. The minimum Gasteiger partial charge on any atom is -0.478 e. The molecule has 1 heterocycles. The summed E-state index contributed by atoms with van der Waals surface area (Å²) in [5.41, 5.74) is 2.43. The maximum atomic E-state index is 11.3. The molecule has 0 amide bonds. The van der Waals surface area contributed by atoms with Gasteiger partial charge in [0.25, 0.3) is 0 Å². The SMILES string of the molecule is CCC1CCN(c2cc(C)ccc2C(=O)O)CC1. The molecule has 1 aromatic carbocycles. The topological polar surface area (TPSA) is 40.5 Å². The van der Waals surface area contributed by atoms with Crippen LogP contribution < -0.4 is 4.90 Å². The van der Waals surface area contributed by atoms with Crippen LogP contribution in [0.1, 0.15) is 42.1 Å². The standard InChI is InChI=1S/C15H21NO2/c1-3-12-6-8-16(9-7-12)14-10-11(2)4-5-13(14)15(17)18/h4-5,10,12H,3,6-9H2,1-2H3,(H,17,18). The van der Waals surface area contributed by atoms with E-state index in [1.54, 1.807) is 6.07 Å². The molecule has 2 rings (SSSR count). The van der Waals surface area contributed by atoms with Crippen LogP contribution in [0.15, 0.2) is 18.2 Å². The average Bonchev–Trinajstić information content (AvgIpc) is 2.38. The van der Waals surface area contributed by atoms with E-state index in [2.05, 4.69) is 11.8 Å². The lowest BCUT2D eigenvalue weighted by Crippen LogP contribution is -2.34. The lowest BCUT2D eigenvalue weighted by Gasteiger charge is -2.34. The summed E-state index contributed by atoms with van der Waals surface area (Å²) in [6.07, 6.45) is 3.57. The maximum Gasteiger partial charge on any atom is 0.337 e. The second-order valence-electron chi connectivity index (χ2n) is 5.16. The summed E-state index contributed by atoms with van der Waals surface area (Å²) in [5, 5.41) is 9.26. The summed E-state index contributed by atoms with van der Waals surface area (Å²) in [5.74, 6) is -0.0260. The van der Waals surface area contributed by atoms with Crippen LogP contribution in [0.25, 0.3) is 0 Å². The first kappa shape index (κ1) is 12.9. The molecule has 0 saturated carbocycles. The first-order chi connectivity index (χ1) is 8.61. The normalized spacial score (nSPS) is 16.9. The second-order valence-corrected chi connectivity index (χ2v) is 5.16. The highest BCUT2D eigenvalue weighted by atomic mass is 16.4. The van der Waals surface area contributed by atoms with Gasteiger partial charge in [-0.2, -0.15) is 0 Å². The molecule has 0 radical (unpaired) electrons. The molecule has 1 aromatic rings. The molecule has 1 saturated heterocycles. The fourth-order valence-electron chi connectivity index (χ4n) is 2.67. The van der Waals surface area contributed by atoms with Gasteiger partial charge in [0.1, 0.15) is 0 Å². The van der Waals surface area contributed by atoms with E-state index in [-0.39, 0.29) is 0 Å². The maximum absolute atomic E-state index is 11.3. The number of hydrogen-bond donors (Lipinski definition) is 1. The molecule has 3 heteroatoms. The third kappa shape index (κ3) is 2.66. The minimum absolute atomic E-state index is 0.426. The van der Waals surface area contributed by atoms with Crippen LogP contribution in [0.2, 0.25) is 0 Å². The highest BCUT2D eigenvalue weighted by Crippen LogP contribution is 2.28. The Hall–Kier alpha value is -1.51. The first-order valence-corrected chi connectivity index (χ1v) is 6.70. The Balaban J connectivity index is 2.22. The van der Waals surface area contributed by atoms with Crippen molar-refractivity contribution in [3.63, 3.8) is 0 Å². The number of nitrogens with zero attached hydrogens (tertiary/aromatic N) is 1. The molecular weight excluding hydrogens is 226 g/mol. The van der Waals surface area contributed by atoms with Crippen molar-refractivity contribution in [2.75, 3.05) is 18.0 Å². The molecule has 0 aliphatic carbocycles. The van der Waals surface area contributed by atoms with Gasteiger partial charge in [-0.05, 0) is 43.4 Å². The van der Waals surface area contributed by atoms with Crippen LogP contribution in [0.5, 0.6) is 0 Å². The number of aryl methyl sites for hydroxylation is 1. The number of hydrogen-bond acceptors (Lipinski definition) is 2. The largest absolute Gasteiger partial charge is 0.478 e. The molecule has 1 N–H and O–H groups in total. The van der Waals surface area contributed by atoms with Crippen molar-refractivity contribution in [2.24, 2.45) is 5.92 Å². The smallest absolute Gasteiger partial charge is 0.337 e. The predicted molar refractivity (Wildman–Crippen MR) is 73.4 cm³/mol. The zero-order valence-electron chi connectivity index (χ0n) is 11.1. The quantitative estimate of drug-likeness (QED) is 0.890. The molecule has 0 aromatic heterocycles. The van der Waals surface area contributed by atoms with Gasteiger partial charge in [0.05, 0.1) is 11.3 Å². The summed E-state index contributed by atoms with van der Waals surface area (Å²) in [6, 6.07) is 5.58. The van der Waals surface area contributed by atoms with Crippen molar-refractivity contribution in [1.29, 1.82) is 0 Å². The average molecular weight is 247 g/mol. The summed E-state index contributed by atoms with van der Waals surface area (Å²) < 4.78 is 0. The Morgan fingerprint density at radius 2 is 2.06 bits per heavy atom. The molecule has 0 unspecified atom stereocenters. The zero-order chi connectivity index (χ0) is 13.1. The van der Waals surface area contributed by atoms with Crippen molar-refractivity contribution >= 4 is 11.7 Å². The van der Waals surface area contributed by atoms with E-state index in [4.69, 9.17) is 0 Å². The number of carbonyl (C=O) groups is 1. The van der Waals surface area contributed by atoms with E-state index in [1.165, 1.54) is 19.3 Å². The number of rotatable bonds is 3. The molecule has 0 spiro atoms. The van der Waals surface area contributed by atoms with Gasteiger partial charge in [0.2, 0.25) is 0 Å². The van der Waals surface area contributed by atoms with Gasteiger partial charge in [0, 0.05) is 13.1 Å². The van der Waals surface area contributed by atoms with E-state index in [1.807, 2.05) is 19.1 Å².